The van der Waals surface area contributed by atoms with Crippen LogP contribution in [0.2, 0.25) is 5.02 Å². The Morgan fingerprint density at radius 3 is 2.27 bits per heavy atom. The van der Waals surface area contributed by atoms with Gasteiger partial charge in [0.1, 0.15) is 5.69 Å². The minimum atomic E-state index is -0.838. The lowest BCUT2D eigenvalue weighted by Crippen LogP contribution is -2.49. The van der Waals surface area contributed by atoms with Crippen LogP contribution in [0.25, 0.3) is 0 Å². The highest BCUT2D eigenvalue weighted by atomic mass is 35.5. The molecular weight excluding hydrogens is 496 g/mol. The molecule has 5 rings (SSSR count). The normalized spacial score (nSPS) is 16.9. The summed E-state index contributed by atoms with van der Waals surface area (Å²) in [5.41, 5.74) is 3.81. The van der Waals surface area contributed by atoms with Crippen molar-refractivity contribution in [3.63, 3.8) is 0 Å². The maximum absolute atomic E-state index is 13.9. The van der Waals surface area contributed by atoms with Crippen LogP contribution in [0.1, 0.15) is 21.6 Å². The number of hydrogen-bond donors (Lipinski definition) is 0. The largest absolute Gasteiger partial charge is 0.368 e. The van der Waals surface area contributed by atoms with Gasteiger partial charge in [-0.2, -0.15) is 0 Å². The van der Waals surface area contributed by atoms with Gasteiger partial charge in [-0.05, 0) is 42.3 Å². The van der Waals surface area contributed by atoms with E-state index < -0.39 is 11.6 Å². The van der Waals surface area contributed by atoms with Gasteiger partial charge in [-0.15, -0.1) is 0 Å². The van der Waals surface area contributed by atoms with E-state index in [9.17, 15) is 13.6 Å². The summed E-state index contributed by atoms with van der Waals surface area (Å²) >= 11 is 6.37. The lowest BCUT2D eigenvalue weighted by atomic mass is 10.1. The molecule has 3 heterocycles. The standard InChI is InChI=1S/C28H32ClF2N5O/c1-20-15-22(17-24(30)27(20)31)34-11-13-36(14-12-34)28(37)26-16-21(18-32(26)2)19-33-7-9-35(10-8-33)25-6-4-3-5-23(25)29/h3-6,15-18H,7-14,19H2,1-2H3. The fraction of sp³-hybridized carbons (Fsp3) is 0.393. The van der Waals surface area contributed by atoms with Gasteiger partial charge >= 0.3 is 0 Å². The molecule has 0 unspecified atom stereocenters. The van der Waals surface area contributed by atoms with Crippen molar-refractivity contribution < 1.29 is 13.6 Å². The first-order valence-corrected chi connectivity index (χ1v) is 13.0. The second kappa shape index (κ2) is 10.7. The van der Waals surface area contributed by atoms with Crippen LogP contribution in [0.4, 0.5) is 20.2 Å². The molecule has 1 aromatic heterocycles. The number of benzene rings is 2. The molecule has 1 amide bonds. The van der Waals surface area contributed by atoms with E-state index in [4.69, 9.17) is 11.6 Å². The molecule has 2 aliphatic rings. The van der Waals surface area contributed by atoms with Crippen molar-refractivity contribution in [2.75, 3.05) is 62.2 Å². The molecule has 2 saturated heterocycles. The molecule has 196 valence electrons. The van der Waals surface area contributed by atoms with Crippen LogP contribution in [-0.4, -0.2) is 72.6 Å². The van der Waals surface area contributed by atoms with Gasteiger partial charge in [0.05, 0.1) is 10.7 Å². The van der Waals surface area contributed by atoms with Crippen molar-refractivity contribution in [2.24, 2.45) is 7.05 Å². The summed E-state index contributed by atoms with van der Waals surface area (Å²) in [5, 5.41) is 0.781. The number of piperazine rings is 2. The smallest absolute Gasteiger partial charge is 0.270 e. The molecule has 0 radical (unpaired) electrons. The van der Waals surface area contributed by atoms with Gasteiger partial charge in [0, 0.05) is 83.9 Å². The third-order valence-corrected chi connectivity index (χ3v) is 7.70. The maximum atomic E-state index is 13.9. The number of aromatic nitrogens is 1. The Morgan fingerprint density at radius 2 is 1.59 bits per heavy atom. The summed E-state index contributed by atoms with van der Waals surface area (Å²) in [4.78, 5) is 21.9. The summed E-state index contributed by atoms with van der Waals surface area (Å²) in [6.45, 7) is 8.22. The Balaban J connectivity index is 1.16. The van der Waals surface area contributed by atoms with Crippen LogP contribution in [-0.2, 0) is 13.6 Å². The molecule has 0 spiro atoms. The molecule has 3 aromatic rings. The van der Waals surface area contributed by atoms with E-state index in [1.54, 1.807) is 13.0 Å². The van der Waals surface area contributed by atoms with Gasteiger partial charge in [-0.3, -0.25) is 9.69 Å². The van der Waals surface area contributed by atoms with Crippen LogP contribution in [0.3, 0.4) is 0 Å². The molecule has 2 aromatic carbocycles. The van der Waals surface area contributed by atoms with Gasteiger partial charge in [0.15, 0.2) is 11.6 Å². The Bertz CT molecular complexity index is 1260. The van der Waals surface area contributed by atoms with E-state index >= 15 is 0 Å². The van der Waals surface area contributed by atoms with Crippen molar-refractivity contribution in [2.45, 2.75) is 13.5 Å². The minimum absolute atomic E-state index is 0.00148. The predicted octanol–water partition coefficient (Wildman–Crippen LogP) is 4.55. The second-order valence-corrected chi connectivity index (χ2v) is 10.3. The average molecular weight is 528 g/mol. The number of rotatable bonds is 5. The Labute approximate surface area is 221 Å². The molecule has 0 N–H and O–H groups in total. The van der Waals surface area contributed by atoms with Gasteiger partial charge in [-0.25, -0.2) is 8.78 Å². The topological polar surface area (TPSA) is 35.0 Å². The summed E-state index contributed by atoms with van der Waals surface area (Å²) in [6, 6.07) is 12.8. The zero-order valence-corrected chi connectivity index (χ0v) is 22.0. The number of carbonyl (C=O) groups excluding carboxylic acids is 1. The minimum Gasteiger partial charge on any atom is -0.368 e. The third-order valence-electron chi connectivity index (χ3n) is 7.38. The van der Waals surface area contributed by atoms with Crippen LogP contribution in [0, 0.1) is 18.6 Å². The lowest BCUT2D eigenvalue weighted by molar-refractivity contribution is 0.0737. The molecule has 2 fully saturated rings. The highest BCUT2D eigenvalue weighted by molar-refractivity contribution is 6.33. The number of aryl methyl sites for hydroxylation is 2. The van der Waals surface area contributed by atoms with Crippen LogP contribution in [0.15, 0.2) is 48.7 Å². The van der Waals surface area contributed by atoms with Gasteiger partial charge in [0.25, 0.3) is 5.91 Å². The molecule has 9 heteroatoms. The number of anilines is 2. The van der Waals surface area contributed by atoms with E-state index in [0.29, 0.717) is 37.6 Å². The number of amides is 1. The highest BCUT2D eigenvalue weighted by Crippen LogP contribution is 2.27. The quantitative estimate of drug-likeness (QED) is 0.488. The Hall–Kier alpha value is -3.10. The van der Waals surface area contributed by atoms with E-state index in [0.717, 1.165) is 49.0 Å². The monoisotopic (exact) mass is 527 g/mol. The molecule has 2 aliphatic heterocycles. The number of nitrogens with zero attached hydrogens (tertiary/aromatic N) is 5. The van der Waals surface area contributed by atoms with Crippen molar-refractivity contribution in [3.8, 4) is 0 Å². The average Bonchev–Trinajstić information content (AvgIpc) is 3.27. The Kier molecular flexibility index (Phi) is 7.40. The first-order chi connectivity index (χ1) is 17.8. The van der Waals surface area contributed by atoms with E-state index in [-0.39, 0.29) is 11.5 Å². The number of para-hydroxylation sites is 1. The summed E-state index contributed by atoms with van der Waals surface area (Å²) in [6.07, 6.45) is 2.04. The number of carbonyl (C=O) groups is 1. The predicted molar refractivity (Wildman–Crippen MR) is 144 cm³/mol. The van der Waals surface area contributed by atoms with Crippen molar-refractivity contribution in [3.05, 3.63) is 82.1 Å². The van der Waals surface area contributed by atoms with Crippen LogP contribution >= 0.6 is 11.6 Å². The zero-order chi connectivity index (χ0) is 26.1. The molecule has 0 bridgehead atoms. The van der Waals surface area contributed by atoms with Gasteiger partial charge < -0.3 is 19.3 Å². The lowest BCUT2D eigenvalue weighted by Gasteiger charge is -2.36. The highest BCUT2D eigenvalue weighted by Gasteiger charge is 2.26. The van der Waals surface area contributed by atoms with Gasteiger partial charge in [-0.1, -0.05) is 23.7 Å². The molecular formula is C28H32ClF2N5O. The number of halogens is 3. The van der Waals surface area contributed by atoms with Crippen LogP contribution < -0.4 is 9.80 Å². The number of hydrogen-bond acceptors (Lipinski definition) is 4. The third kappa shape index (κ3) is 5.45. The summed E-state index contributed by atoms with van der Waals surface area (Å²) in [7, 11) is 1.91. The summed E-state index contributed by atoms with van der Waals surface area (Å²) in [5.74, 6) is -1.65. The zero-order valence-electron chi connectivity index (χ0n) is 21.3. The molecule has 0 aliphatic carbocycles. The van der Waals surface area contributed by atoms with Crippen LogP contribution in [0.5, 0.6) is 0 Å². The second-order valence-electron chi connectivity index (χ2n) is 9.90. The van der Waals surface area contributed by atoms with Crippen molar-refractivity contribution in [1.82, 2.24) is 14.4 Å². The first kappa shape index (κ1) is 25.5. The molecule has 0 saturated carbocycles. The van der Waals surface area contributed by atoms with Gasteiger partial charge in [0.2, 0.25) is 0 Å². The Morgan fingerprint density at radius 1 is 0.919 bits per heavy atom. The van der Waals surface area contributed by atoms with E-state index in [1.807, 2.05) is 51.9 Å². The summed E-state index contributed by atoms with van der Waals surface area (Å²) < 4.78 is 29.4. The van der Waals surface area contributed by atoms with E-state index in [2.05, 4.69) is 15.9 Å². The fourth-order valence-electron chi connectivity index (χ4n) is 5.27. The molecule has 6 nitrogen and oxygen atoms in total. The van der Waals surface area contributed by atoms with E-state index in [1.165, 1.54) is 6.07 Å². The maximum Gasteiger partial charge on any atom is 0.270 e. The molecule has 0 atom stereocenters. The first-order valence-electron chi connectivity index (χ1n) is 12.7. The van der Waals surface area contributed by atoms with Crippen molar-refractivity contribution in [1.29, 1.82) is 0 Å². The molecule has 37 heavy (non-hydrogen) atoms. The van der Waals surface area contributed by atoms with Crippen molar-refractivity contribution >= 4 is 28.9 Å². The fourth-order valence-corrected chi connectivity index (χ4v) is 5.52. The SMILES string of the molecule is Cc1cc(N2CCN(C(=O)c3cc(CN4CCN(c5ccccc5Cl)CC4)cn3C)CC2)cc(F)c1F.